The molecule has 42 heavy (non-hydrogen) atoms. The van der Waals surface area contributed by atoms with Gasteiger partial charge in [0.2, 0.25) is 0 Å². The number of nitro groups is 1. The molecule has 0 unspecified atom stereocenters. The zero-order chi connectivity index (χ0) is 30.1. The number of carbonyl (C=O) groups excluding carboxylic acids is 1. The van der Waals surface area contributed by atoms with Gasteiger partial charge in [0.05, 0.1) is 40.0 Å². The molecule has 11 heteroatoms. The molecular weight excluding hydrogens is 556 g/mol. The van der Waals surface area contributed by atoms with Crippen LogP contribution in [0, 0.1) is 16.0 Å². The number of anilines is 1. The number of rotatable bonds is 7. The van der Waals surface area contributed by atoms with Gasteiger partial charge in [0.15, 0.2) is 4.80 Å². The number of esters is 1. The van der Waals surface area contributed by atoms with Crippen LogP contribution in [0.4, 0.5) is 11.4 Å². The number of hydrogen-bond donors (Lipinski definition) is 0. The first-order chi connectivity index (χ1) is 20.1. The van der Waals surface area contributed by atoms with Gasteiger partial charge in [-0.05, 0) is 69.4 Å². The van der Waals surface area contributed by atoms with Crippen molar-refractivity contribution in [3.63, 3.8) is 0 Å². The van der Waals surface area contributed by atoms with E-state index in [1.165, 1.54) is 28.0 Å². The van der Waals surface area contributed by atoms with E-state index in [0.717, 1.165) is 31.6 Å². The summed E-state index contributed by atoms with van der Waals surface area (Å²) in [7, 11) is 1.55. The summed E-state index contributed by atoms with van der Waals surface area (Å²) in [5.74, 6) is 0.648. The molecule has 2 aliphatic rings. The van der Waals surface area contributed by atoms with Crippen molar-refractivity contribution in [2.75, 3.05) is 25.1 Å². The molecule has 0 N–H and O–H groups in total. The number of nitro benzene ring substituents is 1. The number of fused-ring (bicyclic) bond motifs is 1. The number of thiazole rings is 1. The zero-order valence-electron chi connectivity index (χ0n) is 24.3. The molecule has 0 spiro atoms. The van der Waals surface area contributed by atoms with Crippen molar-refractivity contribution >= 4 is 34.8 Å². The van der Waals surface area contributed by atoms with Crippen molar-refractivity contribution in [2.45, 2.75) is 52.7 Å². The van der Waals surface area contributed by atoms with Gasteiger partial charge in [0.25, 0.3) is 11.2 Å². The molecule has 0 aliphatic carbocycles. The minimum Gasteiger partial charge on any atom is -0.497 e. The molecule has 10 nitrogen and oxygen atoms in total. The van der Waals surface area contributed by atoms with Crippen molar-refractivity contribution in [1.29, 1.82) is 0 Å². The number of carbonyl (C=O) groups is 1. The summed E-state index contributed by atoms with van der Waals surface area (Å²) in [6.07, 6.45) is 3.39. The lowest BCUT2D eigenvalue weighted by Crippen LogP contribution is -2.40. The van der Waals surface area contributed by atoms with Gasteiger partial charge in [-0.25, -0.2) is 9.79 Å². The van der Waals surface area contributed by atoms with E-state index in [0.29, 0.717) is 37.8 Å². The van der Waals surface area contributed by atoms with Crippen LogP contribution in [0.5, 0.6) is 5.75 Å². The van der Waals surface area contributed by atoms with Crippen LogP contribution >= 0.6 is 11.3 Å². The van der Waals surface area contributed by atoms with Gasteiger partial charge >= 0.3 is 5.97 Å². The fraction of sp³-hybridized carbons (Fsp3) is 0.387. The number of benzene rings is 2. The van der Waals surface area contributed by atoms with E-state index < -0.39 is 16.9 Å². The molecule has 2 aromatic carbocycles. The van der Waals surface area contributed by atoms with Crippen molar-refractivity contribution in [3.8, 4) is 5.75 Å². The molecule has 0 bridgehead atoms. The average molecular weight is 591 g/mol. The fourth-order valence-corrected chi connectivity index (χ4v) is 6.47. The maximum absolute atomic E-state index is 14.1. The van der Waals surface area contributed by atoms with Crippen LogP contribution in [0.3, 0.4) is 0 Å². The van der Waals surface area contributed by atoms with E-state index >= 15 is 0 Å². The summed E-state index contributed by atoms with van der Waals surface area (Å²) in [5, 5.41) is 11.7. The molecule has 0 saturated carbocycles. The molecule has 5 rings (SSSR count). The lowest BCUT2D eigenvalue weighted by molar-refractivity contribution is -0.384. The van der Waals surface area contributed by atoms with Crippen LogP contribution in [-0.2, 0) is 9.53 Å². The van der Waals surface area contributed by atoms with Crippen LogP contribution in [0.15, 0.2) is 63.5 Å². The SMILES string of the molecule is COc1cccc([C@H]2C(C(=O)OC(C)C)=C(C)N=c3s/c(=C\c4cc([N+](=O)[O-])ccc4N4CCC(C)CC4)c(=O)n32)c1. The molecule has 1 atom stereocenters. The number of allylic oxidation sites excluding steroid dienone is 1. The van der Waals surface area contributed by atoms with Crippen LogP contribution in [0.1, 0.15) is 57.7 Å². The highest BCUT2D eigenvalue weighted by Gasteiger charge is 2.34. The van der Waals surface area contributed by atoms with Crippen molar-refractivity contribution in [3.05, 3.63) is 94.7 Å². The van der Waals surface area contributed by atoms with Crippen molar-refractivity contribution in [2.24, 2.45) is 10.9 Å². The fourth-order valence-electron chi connectivity index (χ4n) is 5.44. The van der Waals surface area contributed by atoms with Crippen molar-refractivity contribution < 1.29 is 19.2 Å². The van der Waals surface area contributed by atoms with Gasteiger partial charge in [-0.15, -0.1) is 0 Å². The summed E-state index contributed by atoms with van der Waals surface area (Å²) in [4.78, 5) is 46.0. The van der Waals surface area contributed by atoms with Gasteiger partial charge < -0.3 is 14.4 Å². The minimum absolute atomic E-state index is 0.0491. The molecule has 3 heterocycles. The first-order valence-corrected chi connectivity index (χ1v) is 14.8. The van der Waals surface area contributed by atoms with Gasteiger partial charge in [-0.1, -0.05) is 30.4 Å². The molecule has 2 aliphatic heterocycles. The summed E-state index contributed by atoms with van der Waals surface area (Å²) in [5.41, 5.74) is 2.45. The number of hydrogen-bond acceptors (Lipinski definition) is 9. The first kappa shape index (κ1) is 29.2. The van der Waals surface area contributed by atoms with Crippen LogP contribution in [0.25, 0.3) is 6.08 Å². The largest absolute Gasteiger partial charge is 0.497 e. The second kappa shape index (κ2) is 11.9. The summed E-state index contributed by atoms with van der Waals surface area (Å²) < 4.78 is 12.9. The summed E-state index contributed by atoms with van der Waals surface area (Å²) >= 11 is 1.19. The predicted octanol–water partition coefficient (Wildman–Crippen LogP) is 4.34. The first-order valence-electron chi connectivity index (χ1n) is 14.0. The maximum atomic E-state index is 14.1. The Morgan fingerprint density at radius 1 is 1.19 bits per heavy atom. The van der Waals surface area contributed by atoms with E-state index in [1.54, 1.807) is 58.2 Å². The van der Waals surface area contributed by atoms with Crippen LogP contribution < -0.4 is 24.5 Å². The Balaban J connectivity index is 1.70. The third-order valence-corrected chi connectivity index (χ3v) is 8.61. The van der Waals surface area contributed by atoms with Gasteiger partial charge in [-0.2, -0.15) is 0 Å². The molecule has 0 radical (unpaired) electrons. The number of aromatic nitrogens is 1. The Bertz CT molecular complexity index is 1750. The van der Waals surface area contributed by atoms with Crippen LogP contribution in [0.2, 0.25) is 0 Å². The smallest absolute Gasteiger partial charge is 0.338 e. The van der Waals surface area contributed by atoms with Gasteiger partial charge in [-0.3, -0.25) is 19.5 Å². The standard InChI is InChI=1S/C31H34N4O6S/c1-18(2)41-30(37)27-20(4)32-31-34(28(27)21-7-6-8-24(16-21)40-5)29(36)26(42-31)17-22-15-23(35(38)39)9-10-25(22)33-13-11-19(3)12-14-33/h6-10,15-19,28H,11-14H2,1-5H3/b26-17-/t28-/m0/s1. The Labute approximate surface area is 247 Å². The number of ether oxygens (including phenoxy) is 2. The molecule has 0 amide bonds. The minimum atomic E-state index is -0.794. The van der Waals surface area contributed by atoms with Crippen LogP contribution in [-0.4, -0.2) is 41.8 Å². The highest BCUT2D eigenvalue weighted by Crippen LogP contribution is 2.33. The molecule has 1 fully saturated rings. The van der Waals surface area contributed by atoms with E-state index in [9.17, 15) is 19.7 Å². The lowest BCUT2D eigenvalue weighted by Gasteiger charge is -2.33. The lowest BCUT2D eigenvalue weighted by atomic mass is 9.95. The third-order valence-electron chi connectivity index (χ3n) is 7.63. The van der Waals surface area contributed by atoms with Gasteiger partial charge in [0.1, 0.15) is 5.75 Å². The zero-order valence-corrected chi connectivity index (χ0v) is 25.1. The quantitative estimate of drug-likeness (QED) is 0.228. The topological polar surface area (TPSA) is 116 Å². The summed E-state index contributed by atoms with van der Waals surface area (Å²) in [6.45, 7) is 9.15. The van der Waals surface area contributed by atoms with E-state index in [2.05, 4.69) is 16.8 Å². The maximum Gasteiger partial charge on any atom is 0.338 e. The normalized spacial score (nSPS) is 17.7. The Morgan fingerprint density at radius 2 is 1.93 bits per heavy atom. The Hall–Kier alpha value is -4.25. The molecule has 220 valence electrons. The highest BCUT2D eigenvalue weighted by atomic mass is 32.1. The molecule has 3 aromatic rings. The van der Waals surface area contributed by atoms with E-state index in [-0.39, 0.29) is 22.9 Å². The second-order valence-corrected chi connectivity index (χ2v) is 12.0. The highest BCUT2D eigenvalue weighted by molar-refractivity contribution is 7.07. The number of non-ortho nitro benzene ring substituents is 1. The predicted molar refractivity (Wildman–Crippen MR) is 162 cm³/mol. The molecule has 1 aromatic heterocycles. The Morgan fingerprint density at radius 3 is 2.60 bits per heavy atom. The monoisotopic (exact) mass is 590 g/mol. The number of nitrogens with zero attached hydrogens (tertiary/aromatic N) is 4. The number of methoxy groups -OCH3 is 1. The molecular formula is C31H34N4O6S. The average Bonchev–Trinajstić information content (AvgIpc) is 3.26. The molecule has 1 saturated heterocycles. The Kier molecular flexibility index (Phi) is 8.31. The summed E-state index contributed by atoms with van der Waals surface area (Å²) in [6, 6.07) is 11.2. The van der Waals surface area contributed by atoms with Crippen molar-refractivity contribution in [1.82, 2.24) is 4.57 Å². The second-order valence-electron chi connectivity index (χ2n) is 11.0. The van der Waals surface area contributed by atoms with Gasteiger partial charge in [0, 0.05) is 36.5 Å². The number of piperidine rings is 1. The van der Waals surface area contributed by atoms with E-state index in [4.69, 9.17) is 9.47 Å². The van der Waals surface area contributed by atoms with E-state index in [1.807, 2.05) is 6.07 Å². The third kappa shape index (κ3) is 5.74.